The molecule has 1 aliphatic carbocycles. The molecule has 0 radical (unpaired) electrons. The lowest BCUT2D eigenvalue weighted by Gasteiger charge is -2.31. The van der Waals surface area contributed by atoms with Crippen molar-refractivity contribution >= 4 is 16.9 Å². The molecule has 2 aromatic rings. The molecule has 1 aromatic heterocycles. The molecule has 1 heterocycles. The predicted octanol–water partition coefficient (Wildman–Crippen LogP) is 2.86. The van der Waals surface area contributed by atoms with Crippen LogP contribution in [-0.4, -0.2) is 46.5 Å². The largest absolute Gasteiger partial charge is 0.353 e. The molecular weight excluding hydrogens is 319 g/mol. The number of hydrogen-bond donors (Lipinski definition) is 1. The molecule has 5 nitrogen and oxygen atoms in total. The summed E-state index contributed by atoms with van der Waals surface area (Å²) >= 11 is 0. The van der Waals surface area contributed by atoms with Gasteiger partial charge in [-0.15, -0.1) is 0 Å². The smallest absolute Gasteiger partial charge is 0.240 e. The van der Waals surface area contributed by atoms with E-state index in [0.29, 0.717) is 23.7 Å². The summed E-state index contributed by atoms with van der Waals surface area (Å²) in [7, 11) is 2.14. The number of halogens is 1. The summed E-state index contributed by atoms with van der Waals surface area (Å²) in [6, 6.07) is 3.75. The van der Waals surface area contributed by atoms with Crippen molar-refractivity contribution in [2.24, 2.45) is 0 Å². The number of aryl methyl sites for hydroxylation is 1. The molecule has 0 saturated heterocycles. The first kappa shape index (κ1) is 17.9. The zero-order chi connectivity index (χ0) is 17.8. The highest BCUT2D eigenvalue weighted by Gasteiger charge is 2.17. The van der Waals surface area contributed by atoms with E-state index >= 15 is 0 Å². The maximum absolute atomic E-state index is 13.6. The van der Waals surface area contributed by atoms with Crippen LogP contribution in [0.25, 0.3) is 11.0 Å². The van der Waals surface area contributed by atoms with Gasteiger partial charge >= 0.3 is 0 Å². The fourth-order valence-electron chi connectivity index (χ4n) is 3.66. The van der Waals surface area contributed by atoms with Crippen LogP contribution in [0, 0.1) is 12.7 Å². The highest BCUT2D eigenvalue weighted by molar-refractivity contribution is 5.82. The lowest BCUT2D eigenvalue weighted by molar-refractivity contribution is -0.121. The Labute approximate surface area is 148 Å². The zero-order valence-electron chi connectivity index (χ0n) is 15.1. The van der Waals surface area contributed by atoms with Crippen molar-refractivity contribution in [1.82, 2.24) is 19.8 Å². The Morgan fingerprint density at radius 2 is 2.12 bits per heavy atom. The molecule has 1 amide bonds. The lowest BCUT2D eigenvalue weighted by Crippen LogP contribution is -2.40. The number of benzene rings is 1. The molecule has 136 valence electrons. The molecule has 3 rings (SSSR count). The predicted molar refractivity (Wildman–Crippen MR) is 96.9 cm³/mol. The molecule has 25 heavy (non-hydrogen) atoms. The summed E-state index contributed by atoms with van der Waals surface area (Å²) in [5.41, 5.74) is 1.92. The zero-order valence-corrected chi connectivity index (χ0v) is 15.1. The normalized spacial score (nSPS) is 15.8. The molecule has 0 unspecified atom stereocenters. The van der Waals surface area contributed by atoms with Crippen LogP contribution >= 0.6 is 0 Å². The Hall–Kier alpha value is -1.95. The molecule has 0 spiro atoms. The van der Waals surface area contributed by atoms with Gasteiger partial charge in [-0.3, -0.25) is 4.79 Å². The Morgan fingerprint density at radius 1 is 1.36 bits per heavy atom. The fourth-order valence-corrected chi connectivity index (χ4v) is 3.66. The number of carbonyl (C=O) groups excluding carboxylic acids is 1. The number of nitrogens with one attached hydrogen (secondary N) is 1. The monoisotopic (exact) mass is 346 g/mol. The number of imidazole rings is 1. The minimum absolute atomic E-state index is 0.0432. The van der Waals surface area contributed by atoms with E-state index in [9.17, 15) is 9.18 Å². The third kappa shape index (κ3) is 4.18. The van der Waals surface area contributed by atoms with Crippen LogP contribution in [-0.2, 0) is 11.3 Å². The molecule has 0 aliphatic heterocycles. The van der Waals surface area contributed by atoms with E-state index in [1.165, 1.54) is 38.2 Å². The minimum Gasteiger partial charge on any atom is -0.353 e. The first-order valence-corrected chi connectivity index (χ1v) is 9.13. The van der Waals surface area contributed by atoms with Crippen LogP contribution in [0.1, 0.15) is 37.7 Å². The van der Waals surface area contributed by atoms with E-state index in [4.69, 9.17) is 0 Å². The van der Waals surface area contributed by atoms with Gasteiger partial charge in [-0.1, -0.05) is 19.3 Å². The van der Waals surface area contributed by atoms with Gasteiger partial charge in [0, 0.05) is 24.7 Å². The Kier molecular flexibility index (Phi) is 5.68. The van der Waals surface area contributed by atoms with Gasteiger partial charge in [-0.05, 0) is 38.9 Å². The van der Waals surface area contributed by atoms with Gasteiger partial charge in [0.15, 0.2) is 0 Å². The average molecular weight is 346 g/mol. The van der Waals surface area contributed by atoms with E-state index in [0.717, 1.165) is 12.1 Å². The number of likely N-dealkylation sites (N-methyl/N-ethyl adjacent to an activating group) is 1. The molecule has 1 aromatic carbocycles. The average Bonchev–Trinajstić information content (AvgIpc) is 3.02. The quantitative estimate of drug-likeness (QED) is 0.875. The van der Waals surface area contributed by atoms with Gasteiger partial charge in [0.1, 0.15) is 12.4 Å². The van der Waals surface area contributed by atoms with E-state index in [-0.39, 0.29) is 18.3 Å². The molecule has 1 saturated carbocycles. The van der Waals surface area contributed by atoms with E-state index in [1.54, 1.807) is 23.9 Å². The topological polar surface area (TPSA) is 50.2 Å². The Balaban J connectivity index is 1.50. The number of carbonyl (C=O) groups is 1. The summed E-state index contributed by atoms with van der Waals surface area (Å²) in [4.78, 5) is 18.8. The Bertz CT molecular complexity index is 736. The van der Waals surface area contributed by atoms with Gasteiger partial charge in [0.25, 0.3) is 0 Å². The SMILES string of the molecule is Cc1c(F)ccc2c1ncn2CC(=O)NCCN(C)C1CCCCC1. The molecule has 6 heteroatoms. The summed E-state index contributed by atoms with van der Waals surface area (Å²) < 4.78 is 15.3. The van der Waals surface area contributed by atoms with Gasteiger partial charge in [0.2, 0.25) is 5.91 Å². The van der Waals surface area contributed by atoms with Crippen molar-refractivity contribution in [2.75, 3.05) is 20.1 Å². The second-order valence-electron chi connectivity index (χ2n) is 7.03. The first-order chi connectivity index (χ1) is 12.1. The van der Waals surface area contributed by atoms with E-state index in [2.05, 4.69) is 22.2 Å². The number of aromatic nitrogens is 2. The molecule has 0 atom stereocenters. The highest BCUT2D eigenvalue weighted by atomic mass is 19.1. The number of fused-ring (bicyclic) bond motifs is 1. The summed E-state index contributed by atoms with van der Waals surface area (Å²) in [5, 5.41) is 2.98. The second kappa shape index (κ2) is 7.95. The van der Waals surface area contributed by atoms with Crippen molar-refractivity contribution in [1.29, 1.82) is 0 Å². The summed E-state index contributed by atoms with van der Waals surface area (Å²) in [5.74, 6) is -0.314. The van der Waals surface area contributed by atoms with Crippen LogP contribution in [0.2, 0.25) is 0 Å². The molecular formula is C19H27FN4O. The van der Waals surface area contributed by atoms with Crippen LogP contribution in [0.15, 0.2) is 18.5 Å². The van der Waals surface area contributed by atoms with Crippen molar-refractivity contribution in [3.63, 3.8) is 0 Å². The maximum Gasteiger partial charge on any atom is 0.240 e. The maximum atomic E-state index is 13.6. The Morgan fingerprint density at radius 3 is 2.88 bits per heavy atom. The molecule has 0 bridgehead atoms. The van der Waals surface area contributed by atoms with Crippen molar-refractivity contribution in [3.8, 4) is 0 Å². The highest BCUT2D eigenvalue weighted by Crippen LogP contribution is 2.21. The first-order valence-electron chi connectivity index (χ1n) is 9.13. The van der Waals surface area contributed by atoms with Gasteiger partial charge in [-0.25, -0.2) is 9.37 Å². The summed E-state index contributed by atoms with van der Waals surface area (Å²) in [6.45, 7) is 3.42. The lowest BCUT2D eigenvalue weighted by atomic mass is 9.94. The number of hydrogen-bond acceptors (Lipinski definition) is 3. The standard InChI is InChI=1S/C19H27FN4O/c1-14-16(20)8-9-17-19(14)22-13-24(17)12-18(25)21-10-11-23(2)15-6-4-3-5-7-15/h8-9,13,15H,3-7,10-12H2,1-2H3,(H,21,25). The third-order valence-corrected chi connectivity index (χ3v) is 5.28. The number of nitrogens with zero attached hydrogens (tertiary/aromatic N) is 3. The van der Waals surface area contributed by atoms with Crippen LogP contribution in [0.5, 0.6) is 0 Å². The van der Waals surface area contributed by atoms with Crippen molar-refractivity contribution in [3.05, 3.63) is 29.8 Å². The van der Waals surface area contributed by atoms with E-state index in [1.807, 2.05) is 0 Å². The van der Waals surface area contributed by atoms with Crippen LogP contribution < -0.4 is 5.32 Å². The minimum atomic E-state index is -0.270. The van der Waals surface area contributed by atoms with Crippen molar-refractivity contribution < 1.29 is 9.18 Å². The van der Waals surface area contributed by atoms with Gasteiger partial charge in [-0.2, -0.15) is 0 Å². The molecule has 1 aliphatic rings. The van der Waals surface area contributed by atoms with E-state index < -0.39 is 0 Å². The van der Waals surface area contributed by atoms with Crippen LogP contribution in [0.3, 0.4) is 0 Å². The molecule has 1 fully saturated rings. The number of amides is 1. The van der Waals surface area contributed by atoms with Crippen molar-refractivity contribution in [2.45, 2.75) is 51.6 Å². The third-order valence-electron chi connectivity index (χ3n) is 5.28. The molecule has 1 N–H and O–H groups in total. The van der Waals surface area contributed by atoms with Gasteiger partial charge < -0.3 is 14.8 Å². The summed E-state index contributed by atoms with van der Waals surface area (Å²) in [6.07, 6.45) is 8.11. The number of rotatable bonds is 6. The van der Waals surface area contributed by atoms with Crippen LogP contribution in [0.4, 0.5) is 4.39 Å². The van der Waals surface area contributed by atoms with Gasteiger partial charge in [0.05, 0.1) is 17.4 Å². The second-order valence-corrected chi connectivity index (χ2v) is 7.03. The fraction of sp³-hybridized carbons (Fsp3) is 0.579.